The van der Waals surface area contributed by atoms with E-state index in [1.54, 1.807) is 0 Å². The molecule has 33 heavy (non-hydrogen) atoms. The molecule has 8 nitrogen and oxygen atoms in total. The van der Waals surface area contributed by atoms with Crippen molar-refractivity contribution in [1.29, 1.82) is 0 Å². The average Bonchev–Trinajstić information content (AvgIpc) is 2.73. The summed E-state index contributed by atoms with van der Waals surface area (Å²) < 4.78 is 43.6. The predicted octanol–water partition coefficient (Wildman–Crippen LogP) is 2.61. The molecule has 1 heterocycles. The largest absolute Gasteiger partial charge is 0.484 e. The minimum atomic E-state index is -3.42. The molecular weight excluding hydrogens is 475 g/mol. The molecule has 0 unspecified atom stereocenters. The minimum absolute atomic E-state index is 0.0911. The Balaban J connectivity index is 2.13. The van der Waals surface area contributed by atoms with Crippen molar-refractivity contribution in [1.82, 2.24) is 9.78 Å². The minimum Gasteiger partial charge on any atom is -0.484 e. The zero-order chi connectivity index (χ0) is 24.6. The molecule has 0 aliphatic rings. The van der Waals surface area contributed by atoms with Crippen molar-refractivity contribution < 1.29 is 27.8 Å². The molecule has 2 N–H and O–H groups in total. The first-order valence-corrected chi connectivity index (χ1v) is 12.0. The molecule has 1 atom stereocenters. The lowest BCUT2D eigenvalue weighted by Crippen LogP contribution is -2.40. The van der Waals surface area contributed by atoms with Gasteiger partial charge in [0.05, 0.1) is 27.4 Å². The van der Waals surface area contributed by atoms with E-state index in [0.29, 0.717) is 5.56 Å². The van der Waals surface area contributed by atoms with E-state index in [2.05, 4.69) is 5.10 Å². The fourth-order valence-electron chi connectivity index (χ4n) is 2.83. The van der Waals surface area contributed by atoms with Gasteiger partial charge in [0.1, 0.15) is 18.5 Å². The monoisotopic (exact) mass is 496 g/mol. The van der Waals surface area contributed by atoms with Crippen LogP contribution in [0, 0.1) is 5.82 Å². The van der Waals surface area contributed by atoms with Gasteiger partial charge in [-0.25, -0.2) is 12.8 Å². The highest BCUT2D eigenvalue weighted by atomic mass is 35.5. The van der Waals surface area contributed by atoms with E-state index < -0.39 is 39.5 Å². The summed E-state index contributed by atoms with van der Waals surface area (Å²) in [6, 6.07) is 9.36. The number of aliphatic hydroxyl groups excluding tert-OH is 1. The number of sulfone groups is 1. The predicted molar refractivity (Wildman–Crippen MR) is 121 cm³/mol. The molecule has 3 aromatic rings. The summed E-state index contributed by atoms with van der Waals surface area (Å²) in [4.78, 5) is 13.3. The van der Waals surface area contributed by atoms with Gasteiger partial charge in [-0.3, -0.25) is 4.79 Å². The topological polar surface area (TPSA) is 119 Å². The summed E-state index contributed by atoms with van der Waals surface area (Å²) in [7, 11) is -3.42. The molecule has 0 aliphatic heterocycles. The normalized spacial score (nSPS) is 13.1. The zero-order valence-corrected chi connectivity index (χ0v) is 19.6. The Labute approximate surface area is 194 Å². The van der Waals surface area contributed by atoms with Gasteiger partial charge in [0.15, 0.2) is 15.6 Å². The fourth-order valence-corrected chi connectivity index (χ4v) is 3.64. The van der Waals surface area contributed by atoms with Crippen LogP contribution in [0.15, 0.2) is 58.4 Å². The third-order valence-corrected chi connectivity index (χ3v) is 6.29. The van der Waals surface area contributed by atoms with Crippen LogP contribution in [0.5, 0.6) is 5.75 Å². The van der Waals surface area contributed by atoms with E-state index >= 15 is 0 Å². The Morgan fingerprint density at radius 1 is 1.21 bits per heavy atom. The number of aliphatic hydroxyl groups is 2. The second-order valence-corrected chi connectivity index (χ2v) is 10.4. The van der Waals surface area contributed by atoms with Crippen LogP contribution >= 0.6 is 11.6 Å². The van der Waals surface area contributed by atoms with Gasteiger partial charge in [-0.1, -0.05) is 23.7 Å². The molecule has 0 spiro atoms. The Morgan fingerprint density at radius 2 is 1.85 bits per heavy atom. The Kier molecular flexibility index (Phi) is 6.94. The smallest absolute Gasteiger partial charge is 0.314 e. The Hall–Kier alpha value is -2.79. The highest BCUT2D eigenvalue weighted by Gasteiger charge is 2.26. The van der Waals surface area contributed by atoms with E-state index in [9.17, 15) is 27.8 Å². The number of rotatable bonds is 7. The molecule has 176 valence electrons. The maximum absolute atomic E-state index is 13.6. The van der Waals surface area contributed by atoms with E-state index in [1.807, 2.05) is 0 Å². The molecule has 1 aromatic heterocycles. The first-order chi connectivity index (χ1) is 15.3. The molecule has 0 radical (unpaired) electrons. The lowest BCUT2D eigenvalue weighted by Gasteiger charge is -2.24. The number of hydrogen-bond donors (Lipinski definition) is 2. The van der Waals surface area contributed by atoms with Crippen LogP contribution in [0.4, 0.5) is 4.39 Å². The van der Waals surface area contributed by atoms with Crippen molar-refractivity contribution >= 4 is 21.4 Å². The lowest BCUT2D eigenvalue weighted by molar-refractivity contribution is -0.0663. The van der Waals surface area contributed by atoms with Crippen molar-refractivity contribution in [2.75, 3.05) is 12.9 Å². The van der Waals surface area contributed by atoms with E-state index in [1.165, 1.54) is 56.4 Å². The van der Waals surface area contributed by atoms with Crippen molar-refractivity contribution in [3.8, 4) is 22.6 Å². The summed E-state index contributed by atoms with van der Waals surface area (Å²) >= 11 is 5.83. The Morgan fingerprint density at radius 3 is 2.39 bits per heavy atom. The molecule has 3 rings (SSSR count). The van der Waals surface area contributed by atoms with Crippen molar-refractivity contribution in [2.45, 2.75) is 30.4 Å². The van der Waals surface area contributed by atoms with Crippen molar-refractivity contribution in [3.63, 3.8) is 0 Å². The molecule has 0 bridgehead atoms. The van der Waals surface area contributed by atoms with E-state index in [4.69, 9.17) is 16.3 Å². The summed E-state index contributed by atoms with van der Waals surface area (Å²) in [5, 5.41) is 24.0. The molecule has 0 saturated carbocycles. The number of nitrogens with zero attached hydrogens (tertiary/aromatic N) is 2. The van der Waals surface area contributed by atoms with Gasteiger partial charge in [-0.2, -0.15) is 9.78 Å². The molecule has 0 fully saturated rings. The highest BCUT2D eigenvalue weighted by Crippen LogP contribution is 2.29. The first kappa shape index (κ1) is 24.8. The number of ether oxygens (including phenoxy) is 1. The number of hydrogen-bond acceptors (Lipinski definition) is 7. The van der Waals surface area contributed by atoms with E-state index in [-0.39, 0.29) is 26.9 Å². The highest BCUT2D eigenvalue weighted by molar-refractivity contribution is 7.90. The third kappa shape index (κ3) is 5.59. The standard InChI is InChI=1S/C22H22ClFN2O6S/c1-22(2,29)19(27)12-32-20-16(13-4-7-15(8-5-13)33(3,30)31)11-25-26(21(20)28)14-6-9-18(24)17(23)10-14/h4-11,19,27,29H,12H2,1-3H3/t19-/m1/s1. The van der Waals surface area contributed by atoms with E-state index in [0.717, 1.165) is 17.0 Å². The summed E-state index contributed by atoms with van der Waals surface area (Å²) in [6.07, 6.45) is 1.07. The molecular formula is C22H22ClFN2O6S. The van der Waals surface area contributed by atoms with Crippen LogP contribution in [-0.4, -0.2) is 53.0 Å². The molecule has 11 heteroatoms. The lowest BCUT2D eigenvalue weighted by atomic mass is 10.0. The maximum Gasteiger partial charge on any atom is 0.314 e. The third-order valence-electron chi connectivity index (χ3n) is 4.88. The quantitative estimate of drug-likeness (QED) is 0.516. The SMILES string of the molecule is CC(C)(O)[C@H](O)COc1c(-c2ccc(S(C)(=O)=O)cc2)cnn(-c2ccc(F)c(Cl)c2)c1=O. The van der Waals surface area contributed by atoms with Gasteiger partial charge in [0.2, 0.25) is 0 Å². The summed E-state index contributed by atoms with van der Waals surface area (Å²) in [6.45, 7) is 2.36. The molecule has 0 aliphatic carbocycles. The summed E-state index contributed by atoms with van der Waals surface area (Å²) in [5.41, 5.74) is -1.38. The molecule has 0 amide bonds. The van der Waals surface area contributed by atoms with Crippen LogP contribution in [0.25, 0.3) is 16.8 Å². The van der Waals surface area contributed by atoms with Gasteiger partial charge >= 0.3 is 5.56 Å². The van der Waals surface area contributed by atoms with Gasteiger partial charge in [-0.15, -0.1) is 0 Å². The van der Waals surface area contributed by atoms with Gasteiger partial charge in [0, 0.05) is 11.8 Å². The van der Waals surface area contributed by atoms with Crippen LogP contribution in [0.1, 0.15) is 13.8 Å². The van der Waals surface area contributed by atoms with Crippen LogP contribution in [0.2, 0.25) is 5.02 Å². The average molecular weight is 497 g/mol. The molecule has 2 aromatic carbocycles. The van der Waals surface area contributed by atoms with Gasteiger partial charge in [-0.05, 0) is 49.7 Å². The fraction of sp³-hybridized carbons (Fsp3) is 0.273. The van der Waals surface area contributed by atoms with Crippen LogP contribution in [0.3, 0.4) is 0 Å². The van der Waals surface area contributed by atoms with Gasteiger partial charge < -0.3 is 14.9 Å². The summed E-state index contributed by atoms with van der Waals surface area (Å²) in [5.74, 6) is -0.873. The van der Waals surface area contributed by atoms with Crippen molar-refractivity contribution in [3.05, 3.63) is 69.9 Å². The number of benzene rings is 2. The zero-order valence-electron chi connectivity index (χ0n) is 18.0. The maximum atomic E-state index is 13.6. The van der Waals surface area contributed by atoms with Crippen LogP contribution < -0.4 is 10.3 Å². The second-order valence-electron chi connectivity index (χ2n) is 7.98. The van der Waals surface area contributed by atoms with Crippen LogP contribution in [-0.2, 0) is 9.84 Å². The van der Waals surface area contributed by atoms with Crippen molar-refractivity contribution in [2.24, 2.45) is 0 Å². The Bertz CT molecular complexity index is 1330. The first-order valence-electron chi connectivity index (χ1n) is 9.70. The second kappa shape index (κ2) is 9.22. The van der Waals surface area contributed by atoms with Gasteiger partial charge in [0.25, 0.3) is 0 Å². The molecule has 0 saturated heterocycles. The number of halogens is 2. The number of aromatic nitrogens is 2.